The molecule has 1 aliphatic rings. The van der Waals surface area contributed by atoms with Crippen molar-refractivity contribution in [2.45, 2.75) is 11.6 Å². The van der Waals surface area contributed by atoms with Gasteiger partial charge in [0.05, 0.1) is 0 Å². The highest BCUT2D eigenvalue weighted by atomic mass is 32.2. The first-order valence-corrected chi connectivity index (χ1v) is 7.62. The lowest BCUT2D eigenvalue weighted by atomic mass is 10.0. The summed E-state index contributed by atoms with van der Waals surface area (Å²) in [7, 11) is -4.06. The highest BCUT2D eigenvalue weighted by Crippen LogP contribution is 2.28. The van der Waals surface area contributed by atoms with E-state index in [4.69, 9.17) is 0 Å². The predicted molar refractivity (Wildman–Crippen MR) is 70.4 cm³/mol. The summed E-state index contributed by atoms with van der Waals surface area (Å²) in [4.78, 5) is 13.5. The smallest absolute Gasteiger partial charge is 0.376 e. The monoisotopic (exact) mass is 338 g/mol. The maximum absolute atomic E-state index is 12.2. The van der Waals surface area contributed by atoms with Gasteiger partial charge >= 0.3 is 15.6 Å². The van der Waals surface area contributed by atoms with Crippen molar-refractivity contribution in [1.29, 1.82) is 0 Å². The molecular weight excluding hydrogens is 325 g/mol. The van der Waals surface area contributed by atoms with E-state index < -0.39 is 27.4 Å². The molecule has 0 aromatic heterocycles. The van der Waals surface area contributed by atoms with Gasteiger partial charge in [0.25, 0.3) is 0 Å². The number of carbonyl (C=O) groups is 1. The number of carbonyl (C=O) groups excluding carboxylic acids is 1. The van der Waals surface area contributed by atoms with Crippen LogP contribution in [-0.2, 0) is 14.9 Å². The van der Waals surface area contributed by atoms with Crippen molar-refractivity contribution in [2.24, 2.45) is 0 Å². The number of alkyl halides is 3. The van der Waals surface area contributed by atoms with Gasteiger partial charge in [-0.2, -0.15) is 21.6 Å². The summed E-state index contributed by atoms with van der Waals surface area (Å²) < 4.78 is 62.4. The Balaban J connectivity index is 2.16. The number of rotatable bonds is 3. The highest BCUT2D eigenvalue weighted by molar-refractivity contribution is 7.87. The Bertz CT molecular complexity index is 658. The van der Waals surface area contributed by atoms with Crippen molar-refractivity contribution in [3.8, 4) is 5.75 Å². The molecule has 1 aromatic rings. The molecule has 0 spiro atoms. The number of piperazine rings is 1. The van der Waals surface area contributed by atoms with E-state index in [9.17, 15) is 26.4 Å². The van der Waals surface area contributed by atoms with E-state index in [1.165, 1.54) is 17.0 Å². The summed E-state index contributed by atoms with van der Waals surface area (Å²) in [5.41, 5.74) is -4.98. The minimum absolute atomic E-state index is 0.178. The van der Waals surface area contributed by atoms with Gasteiger partial charge in [-0.3, -0.25) is 4.79 Å². The Morgan fingerprint density at radius 1 is 1.27 bits per heavy atom. The van der Waals surface area contributed by atoms with E-state index >= 15 is 0 Å². The lowest BCUT2D eigenvalue weighted by Crippen LogP contribution is -2.48. The van der Waals surface area contributed by atoms with Crippen molar-refractivity contribution < 1.29 is 30.6 Å². The first kappa shape index (κ1) is 16.6. The molecule has 1 heterocycles. The molecule has 0 saturated carbocycles. The number of likely N-dealkylation sites (N-methyl/N-ethyl adjacent to an activating group) is 1. The summed E-state index contributed by atoms with van der Waals surface area (Å²) in [6, 6.07) is 4.21. The number of nitrogens with zero attached hydrogens (tertiary/aromatic N) is 1. The van der Waals surface area contributed by atoms with Crippen molar-refractivity contribution in [3.63, 3.8) is 0 Å². The van der Waals surface area contributed by atoms with Gasteiger partial charge in [0.1, 0.15) is 11.8 Å². The van der Waals surface area contributed by atoms with Crippen molar-refractivity contribution in [2.75, 3.05) is 20.1 Å². The molecule has 10 heteroatoms. The molecule has 1 unspecified atom stereocenters. The number of nitrogens with one attached hydrogen (secondary N) is 1. The lowest BCUT2D eigenvalue weighted by Gasteiger charge is -2.30. The third-order valence-corrected chi connectivity index (χ3v) is 4.10. The van der Waals surface area contributed by atoms with Gasteiger partial charge in [-0.1, -0.05) is 12.1 Å². The van der Waals surface area contributed by atoms with E-state index in [0.29, 0.717) is 18.7 Å². The molecule has 1 aromatic carbocycles. The second kappa shape index (κ2) is 5.76. The van der Waals surface area contributed by atoms with Crippen LogP contribution in [0.3, 0.4) is 0 Å². The van der Waals surface area contributed by atoms with Crippen molar-refractivity contribution >= 4 is 16.0 Å². The summed E-state index contributed by atoms with van der Waals surface area (Å²) in [6.45, 7) is 1.13. The topological polar surface area (TPSA) is 75.7 Å². The fourth-order valence-corrected chi connectivity index (χ4v) is 2.40. The van der Waals surface area contributed by atoms with Gasteiger partial charge in [0, 0.05) is 20.1 Å². The molecule has 1 saturated heterocycles. The zero-order valence-corrected chi connectivity index (χ0v) is 12.2. The van der Waals surface area contributed by atoms with E-state index in [1.54, 1.807) is 7.05 Å². The standard InChI is InChI=1S/C12H13F3N2O4S/c1-17-7-6-16-10(11(17)18)8-2-4-9(5-3-8)21-22(19,20)12(13,14)15/h2-5,10,16H,6-7H2,1H3. The molecule has 1 aliphatic heterocycles. The molecule has 1 N–H and O–H groups in total. The zero-order valence-electron chi connectivity index (χ0n) is 11.4. The largest absolute Gasteiger partial charge is 0.534 e. The molecular formula is C12H13F3N2O4S. The fourth-order valence-electron chi connectivity index (χ4n) is 1.94. The number of hydrogen-bond donors (Lipinski definition) is 1. The average molecular weight is 338 g/mol. The fraction of sp³-hybridized carbons (Fsp3) is 0.417. The van der Waals surface area contributed by atoms with Crippen LogP contribution in [0.5, 0.6) is 5.75 Å². The van der Waals surface area contributed by atoms with Crippen LogP contribution in [0.1, 0.15) is 11.6 Å². The van der Waals surface area contributed by atoms with E-state index in [0.717, 1.165) is 12.1 Å². The third-order valence-electron chi connectivity index (χ3n) is 3.12. The molecule has 6 nitrogen and oxygen atoms in total. The molecule has 2 rings (SSSR count). The van der Waals surface area contributed by atoms with Crippen LogP contribution < -0.4 is 9.50 Å². The molecule has 1 amide bonds. The quantitative estimate of drug-likeness (QED) is 0.658. The van der Waals surface area contributed by atoms with Crippen molar-refractivity contribution in [3.05, 3.63) is 29.8 Å². The van der Waals surface area contributed by atoms with Crippen LogP contribution in [0.25, 0.3) is 0 Å². The first-order chi connectivity index (χ1) is 10.1. The van der Waals surface area contributed by atoms with Crippen LogP contribution in [0.4, 0.5) is 13.2 Å². The van der Waals surface area contributed by atoms with Gasteiger partial charge in [-0.15, -0.1) is 0 Å². The number of amides is 1. The normalized spacial score (nSPS) is 20.1. The van der Waals surface area contributed by atoms with E-state index in [1.807, 2.05) is 0 Å². The van der Waals surface area contributed by atoms with Crippen LogP contribution >= 0.6 is 0 Å². The molecule has 0 radical (unpaired) electrons. The van der Waals surface area contributed by atoms with E-state index in [-0.39, 0.29) is 5.91 Å². The van der Waals surface area contributed by atoms with Crippen LogP contribution in [0, 0.1) is 0 Å². The van der Waals surface area contributed by atoms with Crippen molar-refractivity contribution in [1.82, 2.24) is 10.2 Å². The molecule has 1 atom stereocenters. The maximum Gasteiger partial charge on any atom is 0.534 e. The second-order valence-electron chi connectivity index (χ2n) is 4.70. The van der Waals surface area contributed by atoms with Gasteiger partial charge in [-0.25, -0.2) is 0 Å². The summed E-state index contributed by atoms with van der Waals surface area (Å²) in [5, 5.41) is 2.98. The zero-order chi connectivity index (χ0) is 16.5. The predicted octanol–water partition coefficient (Wildman–Crippen LogP) is 1.02. The molecule has 22 heavy (non-hydrogen) atoms. The Kier molecular flexibility index (Phi) is 4.34. The minimum Gasteiger partial charge on any atom is -0.376 e. The SMILES string of the molecule is CN1CCNC(c2ccc(OS(=O)(=O)C(F)(F)F)cc2)C1=O. The number of hydrogen-bond acceptors (Lipinski definition) is 5. The van der Waals surface area contributed by atoms with E-state index in [2.05, 4.69) is 9.50 Å². The first-order valence-electron chi connectivity index (χ1n) is 6.21. The average Bonchev–Trinajstić information content (AvgIpc) is 2.41. The Labute approximate surface area is 125 Å². The highest BCUT2D eigenvalue weighted by Gasteiger charge is 2.48. The summed E-state index contributed by atoms with van der Waals surface area (Å²) in [5.74, 6) is -0.652. The van der Waals surface area contributed by atoms with Gasteiger partial charge < -0.3 is 14.4 Å². The molecule has 1 fully saturated rings. The van der Waals surface area contributed by atoms with Crippen LogP contribution in [-0.4, -0.2) is 44.9 Å². The molecule has 122 valence electrons. The third kappa shape index (κ3) is 3.33. The number of halogens is 3. The number of benzene rings is 1. The van der Waals surface area contributed by atoms with Gasteiger partial charge in [-0.05, 0) is 17.7 Å². The molecule has 0 bridgehead atoms. The Morgan fingerprint density at radius 3 is 2.41 bits per heavy atom. The summed E-state index contributed by atoms with van der Waals surface area (Å²) in [6.07, 6.45) is 0. The second-order valence-corrected chi connectivity index (χ2v) is 6.24. The maximum atomic E-state index is 12.2. The lowest BCUT2D eigenvalue weighted by molar-refractivity contribution is -0.134. The van der Waals surface area contributed by atoms with Crippen LogP contribution in [0.15, 0.2) is 24.3 Å². The Hall–Kier alpha value is -1.81. The summed E-state index contributed by atoms with van der Waals surface area (Å²) >= 11 is 0. The van der Waals surface area contributed by atoms with Crippen LogP contribution in [0.2, 0.25) is 0 Å². The minimum atomic E-state index is -5.70. The molecule has 0 aliphatic carbocycles. The Morgan fingerprint density at radius 2 is 1.86 bits per heavy atom. The van der Waals surface area contributed by atoms with Gasteiger partial charge in [0.15, 0.2) is 0 Å². The van der Waals surface area contributed by atoms with Gasteiger partial charge in [0.2, 0.25) is 5.91 Å².